The highest BCUT2D eigenvalue weighted by atomic mass is 32.1. The van der Waals surface area contributed by atoms with Gasteiger partial charge in [0.1, 0.15) is 5.82 Å². The molecule has 1 N–H and O–H groups in total. The molecule has 3 aromatic rings. The highest BCUT2D eigenvalue weighted by molar-refractivity contribution is 7.13. The number of hydrogen-bond donors (Lipinski definition) is 1. The van der Waals surface area contributed by atoms with Crippen LogP contribution in [-0.4, -0.2) is 25.5 Å². The Balaban J connectivity index is 1.53. The van der Waals surface area contributed by atoms with E-state index in [1.165, 1.54) is 11.3 Å². The molecule has 0 bridgehead atoms. The van der Waals surface area contributed by atoms with Gasteiger partial charge in [-0.3, -0.25) is 9.20 Å². The van der Waals surface area contributed by atoms with E-state index in [4.69, 9.17) is 0 Å². The molecular formula is C13H13N5OS. The standard InChI is InChI=1S/C13H13N5OS/c19-12(15-13-14-7-9-20-13)6-3-5-11-17-16-10-4-1-2-8-18(10)11/h1-2,4,7-9H,3,5-6H2,(H,14,15,19). The maximum absolute atomic E-state index is 11.7. The van der Waals surface area contributed by atoms with Crippen LogP contribution in [0.4, 0.5) is 5.13 Å². The summed E-state index contributed by atoms with van der Waals surface area (Å²) in [7, 11) is 0. The maximum Gasteiger partial charge on any atom is 0.226 e. The smallest absolute Gasteiger partial charge is 0.226 e. The number of anilines is 1. The zero-order valence-electron chi connectivity index (χ0n) is 10.7. The molecule has 0 fully saturated rings. The second-order valence-electron chi connectivity index (χ2n) is 4.28. The summed E-state index contributed by atoms with van der Waals surface area (Å²) in [4.78, 5) is 15.7. The van der Waals surface area contributed by atoms with Crippen LogP contribution in [0.2, 0.25) is 0 Å². The number of carbonyl (C=O) groups excluding carboxylic acids is 1. The van der Waals surface area contributed by atoms with E-state index in [-0.39, 0.29) is 5.91 Å². The van der Waals surface area contributed by atoms with Crippen molar-refractivity contribution >= 4 is 28.0 Å². The zero-order valence-corrected chi connectivity index (χ0v) is 11.5. The predicted molar refractivity (Wildman–Crippen MR) is 76.7 cm³/mol. The van der Waals surface area contributed by atoms with Crippen LogP contribution < -0.4 is 5.32 Å². The van der Waals surface area contributed by atoms with Gasteiger partial charge in [-0.25, -0.2) is 4.98 Å². The maximum atomic E-state index is 11.7. The lowest BCUT2D eigenvalue weighted by atomic mass is 10.2. The molecule has 20 heavy (non-hydrogen) atoms. The van der Waals surface area contributed by atoms with Gasteiger partial charge >= 0.3 is 0 Å². The molecule has 0 aliphatic rings. The summed E-state index contributed by atoms with van der Waals surface area (Å²) in [5.41, 5.74) is 0.828. The van der Waals surface area contributed by atoms with Gasteiger partial charge in [-0.1, -0.05) is 6.07 Å². The number of nitrogens with one attached hydrogen (secondary N) is 1. The first kappa shape index (κ1) is 12.7. The van der Waals surface area contributed by atoms with Gasteiger partial charge in [0.05, 0.1) is 0 Å². The van der Waals surface area contributed by atoms with Crippen LogP contribution in [0.15, 0.2) is 36.0 Å². The second kappa shape index (κ2) is 5.79. The van der Waals surface area contributed by atoms with Gasteiger partial charge in [-0.05, 0) is 18.6 Å². The minimum Gasteiger partial charge on any atom is -0.302 e. The average molecular weight is 287 g/mol. The Morgan fingerprint density at radius 2 is 2.30 bits per heavy atom. The highest BCUT2D eigenvalue weighted by Crippen LogP contribution is 2.11. The SMILES string of the molecule is O=C(CCCc1nnc2ccccn12)Nc1nccs1. The van der Waals surface area contributed by atoms with Crippen LogP contribution in [0, 0.1) is 0 Å². The summed E-state index contributed by atoms with van der Waals surface area (Å²) >= 11 is 1.41. The number of nitrogens with zero attached hydrogens (tertiary/aromatic N) is 4. The number of rotatable bonds is 5. The third-order valence-corrected chi connectivity index (χ3v) is 3.56. The van der Waals surface area contributed by atoms with Gasteiger partial charge in [0, 0.05) is 30.6 Å². The van der Waals surface area contributed by atoms with Crippen molar-refractivity contribution in [3.63, 3.8) is 0 Å². The largest absolute Gasteiger partial charge is 0.302 e. The molecule has 0 unspecified atom stereocenters. The summed E-state index contributed by atoms with van der Waals surface area (Å²) in [6.45, 7) is 0. The quantitative estimate of drug-likeness (QED) is 0.780. The number of amides is 1. The lowest BCUT2D eigenvalue weighted by Gasteiger charge is -2.01. The van der Waals surface area contributed by atoms with Gasteiger partial charge < -0.3 is 5.32 Å². The van der Waals surface area contributed by atoms with Crippen molar-refractivity contribution < 1.29 is 4.79 Å². The minimum atomic E-state index is -0.0197. The van der Waals surface area contributed by atoms with Crippen LogP contribution in [0.5, 0.6) is 0 Å². The first-order valence-electron chi connectivity index (χ1n) is 6.31. The first-order chi connectivity index (χ1) is 9.83. The summed E-state index contributed by atoms with van der Waals surface area (Å²) in [6.07, 6.45) is 5.49. The molecule has 0 saturated carbocycles. The Morgan fingerprint density at radius 3 is 3.15 bits per heavy atom. The first-order valence-corrected chi connectivity index (χ1v) is 7.19. The molecule has 3 rings (SSSR count). The number of carbonyl (C=O) groups is 1. The van der Waals surface area contributed by atoms with E-state index >= 15 is 0 Å². The fraction of sp³-hybridized carbons (Fsp3) is 0.231. The molecule has 0 aliphatic carbocycles. The van der Waals surface area contributed by atoms with E-state index in [9.17, 15) is 4.79 Å². The number of pyridine rings is 1. The lowest BCUT2D eigenvalue weighted by Crippen LogP contribution is -2.11. The molecule has 0 spiro atoms. The van der Waals surface area contributed by atoms with Crippen molar-refractivity contribution in [2.45, 2.75) is 19.3 Å². The number of fused-ring (bicyclic) bond motifs is 1. The summed E-state index contributed by atoms with van der Waals surface area (Å²) in [5.74, 6) is 0.858. The zero-order chi connectivity index (χ0) is 13.8. The molecule has 0 saturated heterocycles. The van der Waals surface area contributed by atoms with Crippen LogP contribution in [-0.2, 0) is 11.2 Å². The third-order valence-electron chi connectivity index (χ3n) is 2.87. The number of thiazole rings is 1. The van der Waals surface area contributed by atoms with E-state index in [1.807, 2.05) is 34.2 Å². The van der Waals surface area contributed by atoms with Gasteiger partial charge in [-0.15, -0.1) is 21.5 Å². The Hall–Kier alpha value is -2.28. The van der Waals surface area contributed by atoms with E-state index < -0.39 is 0 Å². The third kappa shape index (κ3) is 2.83. The monoisotopic (exact) mass is 287 g/mol. The summed E-state index contributed by atoms with van der Waals surface area (Å²) < 4.78 is 1.94. The predicted octanol–water partition coefficient (Wildman–Crippen LogP) is 2.15. The Kier molecular flexibility index (Phi) is 3.69. The summed E-state index contributed by atoms with van der Waals surface area (Å²) in [6, 6.07) is 5.77. The van der Waals surface area contributed by atoms with E-state index in [0.29, 0.717) is 11.6 Å². The van der Waals surface area contributed by atoms with E-state index in [2.05, 4.69) is 20.5 Å². The average Bonchev–Trinajstić information content (AvgIpc) is 3.09. The fourth-order valence-corrected chi connectivity index (χ4v) is 2.48. The van der Waals surface area contributed by atoms with E-state index in [0.717, 1.165) is 24.3 Å². The van der Waals surface area contributed by atoms with Crippen molar-refractivity contribution in [3.05, 3.63) is 41.8 Å². The highest BCUT2D eigenvalue weighted by Gasteiger charge is 2.07. The van der Waals surface area contributed by atoms with Crippen molar-refractivity contribution in [2.75, 3.05) is 5.32 Å². The van der Waals surface area contributed by atoms with Crippen LogP contribution in [0.25, 0.3) is 5.65 Å². The molecule has 6 nitrogen and oxygen atoms in total. The van der Waals surface area contributed by atoms with Crippen LogP contribution in [0.1, 0.15) is 18.7 Å². The van der Waals surface area contributed by atoms with Crippen LogP contribution >= 0.6 is 11.3 Å². The number of hydrogen-bond acceptors (Lipinski definition) is 5. The van der Waals surface area contributed by atoms with Crippen molar-refractivity contribution in [1.82, 2.24) is 19.6 Å². The van der Waals surface area contributed by atoms with Crippen molar-refractivity contribution in [2.24, 2.45) is 0 Å². The molecule has 0 aromatic carbocycles. The normalized spacial score (nSPS) is 10.8. The van der Waals surface area contributed by atoms with Gasteiger partial charge in [0.2, 0.25) is 5.91 Å². The molecule has 102 valence electrons. The van der Waals surface area contributed by atoms with Gasteiger partial charge in [0.25, 0.3) is 0 Å². The molecular weight excluding hydrogens is 274 g/mol. The molecule has 3 heterocycles. The summed E-state index contributed by atoms with van der Waals surface area (Å²) in [5, 5.41) is 13.5. The topological polar surface area (TPSA) is 72.2 Å². The van der Waals surface area contributed by atoms with E-state index in [1.54, 1.807) is 6.20 Å². The molecule has 0 aliphatic heterocycles. The van der Waals surface area contributed by atoms with Crippen LogP contribution in [0.3, 0.4) is 0 Å². The number of aromatic nitrogens is 4. The van der Waals surface area contributed by atoms with Gasteiger partial charge in [0.15, 0.2) is 10.8 Å². The Bertz CT molecular complexity index is 706. The fourth-order valence-electron chi connectivity index (χ4n) is 1.94. The Labute approximate surface area is 119 Å². The van der Waals surface area contributed by atoms with Gasteiger partial charge in [-0.2, -0.15) is 0 Å². The molecule has 0 atom stereocenters. The minimum absolute atomic E-state index is 0.0197. The molecule has 7 heteroatoms. The van der Waals surface area contributed by atoms with Crippen molar-refractivity contribution in [3.8, 4) is 0 Å². The second-order valence-corrected chi connectivity index (χ2v) is 5.18. The molecule has 0 radical (unpaired) electrons. The Morgan fingerprint density at radius 1 is 1.35 bits per heavy atom. The number of aryl methyl sites for hydroxylation is 1. The van der Waals surface area contributed by atoms with Crippen molar-refractivity contribution in [1.29, 1.82) is 0 Å². The molecule has 1 amide bonds. The lowest BCUT2D eigenvalue weighted by molar-refractivity contribution is -0.116. The molecule has 3 aromatic heterocycles.